The van der Waals surface area contributed by atoms with Crippen molar-refractivity contribution in [3.05, 3.63) is 0 Å². The fourth-order valence-corrected chi connectivity index (χ4v) is 3.33. The number of hydrogen-bond donors (Lipinski definition) is 2. The van der Waals surface area contributed by atoms with Crippen LogP contribution in [0.4, 0.5) is 4.79 Å². The van der Waals surface area contributed by atoms with Crippen LogP contribution in [-0.2, 0) is 4.74 Å². The van der Waals surface area contributed by atoms with Gasteiger partial charge in [-0.15, -0.1) is 0 Å². The third-order valence-electron chi connectivity index (χ3n) is 4.19. The van der Waals surface area contributed by atoms with E-state index in [9.17, 15) is 9.90 Å². The number of rotatable bonds is 2. The fraction of sp³-hybridized carbons (Fsp3) is 0.929. The van der Waals surface area contributed by atoms with E-state index in [-0.39, 0.29) is 30.8 Å². The third-order valence-corrected chi connectivity index (χ3v) is 4.19. The Labute approximate surface area is 115 Å². The summed E-state index contributed by atoms with van der Waals surface area (Å²) in [5, 5.41) is 9.18. The molecule has 0 aliphatic carbocycles. The molecular weight excluding hydrogens is 244 g/mol. The number of amides is 1. The Balaban J connectivity index is 2.01. The van der Waals surface area contributed by atoms with Crippen molar-refractivity contribution in [3.8, 4) is 0 Å². The molecule has 5 heteroatoms. The molecule has 2 rings (SSSR count). The van der Waals surface area contributed by atoms with Crippen LogP contribution in [0.2, 0.25) is 0 Å². The lowest BCUT2D eigenvalue weighted by Crippen LogP contribution is -2.51. The smallest absolute Gasteiger partial charge is 0.410 e. The van der Waals surface area contributed by atoms with Crippen LogP contribution in [0.25, 0.3) is 0 Å². The normalized spacial score (nSPS) is 32.3. The maximum Gasteiger partial charge on any atom is 0.410 e. The highest BCUT2D eigenvalue weighted by molar-refractivity contribution is 5.69. The summed E-state index contributed by atoms with van der Waals surface area (Å²) in [6, 6.07) is 0.302. The fourth-order valence-electron chi connectivity index (χ4n) is 3.33. The number of fused-ring (bicyclic) bond motifs is 2. The zero-order valence-corrected chi connectivity index (χ0v) is 12.1. The molecule has 19 heavy (non-hydrogen) atoms. The summed E-state index contributed by atoms with van der Waals surface area (Å²) in [5.74, 6) is 0.321. The molecule has 2 bridgehead atoms. The molecule has 0 saturated carbocycles. The van der Waals surface area contributed by atoms with Gasteiger partial charge >= 0.3 is 6.09 Å². The average Bonchev–Trinajstić information content (AvgIpc) is 2.57. The molecule has 2 unspecified atom stereocenters. The predicted molar refractivity (Wildman–Crippen MR) is 72.7 cm³/mol. The lowest BCUT2D eigenvalue weighted by Gasteiger charge is -2.40. The van der Waals surface area contributed by atoms with E-state index in [4.69, 9.17) is 10.5 Å². The SMILES string of the molecule is CC(C)(C)OC(=O)N1C2CCC1CC([C@@H](N)CO)C2. The Morgan fingerprint density at radius 1 is 1.37 bits per heavy atom. The van der Waals surface area contributed by atoms with E-state index in [2.05, 4.69) is 0 Å². The van der Waals surface area contributed by atoms with Gasteiger partial charge in [-0.25, -0.2) is 4.79 Å². The van der Waals surface area contributed by atoms with Crippen molar-refractivity contribution in [1.82, 2.24) is 4.90 Å². The topological polar surface area (TPSA) is 75.8 Å². The molecule has 3 N–H and O–H groups in total. The van der Waals surface area contributed by atoms with E-state index in [1.165, 1.54) is 0 Å². The van der Waals surface area contributed by atoms with E-state index < -0.39 is 5.60 Å². The van der Waals surface area contributed by atoms with Crippen LogP contribution in [0.5, 0.6) is 0 Å². The van der Waals surface area contributed by atoms with Crippen molar-refractivity contribution in [1.29, 1.82) is 0 Å². The summed E-state index contributed by atoms with van der Waals surface area (Å²) >= 11 is 0. The first kappa shape index (κ1) is 14.6. The molecule has 0 aromatic carbocycles. The van der Waals surface area contributed by atoms with Crippen LogP contribution in [0, 0.1) is 5.92 Å². The molecule has 110 valence electrons. The largest absolute Gasteiger partial charge is 0.444 e. The Morgan fingerprint density at radius 3 is 2.32 bits per heavy atom. The zero-order valence-electron chi connectivity index (χ0n) is 12.1. The van der Waals surface area contributed by atoms with Gasteiger partial charge in [0.25, 0.3) is 0 Å². The minimum Gasteiger partial charge on any atom is -0.444 e. The van der Waals surface area contributed by atoms with Crippen LogP contribution < -0.4 is 5.73 Å². The Morgan fingerprint density at radius 2 is 1.89 bits per heavy atom. The first-order chi connectivity index (χ1) is 8.81. The van der Waals surface area contributed by atoms with Crippen molar-refractivity contribution >= 4 is 6.09 Å². The molecule has 1 amide bonds. The average molecular weight is 270 g/mol. The number of aliphatic hydroxyl groups excluding tert-OH is 1. The Kier molecular flexibility index (Phi) is 4.06. The van der Waals surface area contributed by atoms with Gasteiger partial charge in [0.05, 0.1) is 6.61 Å². The number of ether oxygens (including phenoxy) is 1. The highest BCUT2D eigenvalue weighted by Gasteiger charge is 2.45. The summed E-state index contributed by atoms with van der Waals surface area (Å²) in [5.41, 5.74) is 5.49. The zero-order chi connectivity index (χ0) is 14.2. The van der Waals surface area contributed by atoms with E-state index >= 15 is 0 Å². The minimum absolute atomic E-state index is 0.0243. The number of nitrogens with zero attached hydrogens (tertiary/aromatic N) is 1. The van der Waals surface area contributed by atoms with Crippen molar-refractivity contribution in [2.75, 3.05) is 6.61 Å². The van der Waals surface area contributed by atoms with E-state index in [0.29, 0.717) is 5.92 Å². The number of aliphatic hydroxyl groups is 1. The van der Waals surface area contributed by atoms with Crippen molar-refractivity contribution in [3.63, 3.8) is 0 Å². The van der Waals surface area contributed by atoms with Crippen LogP contribution in [0.1, 0.15) is 46.5 Å². The highest BCUT2D eigenvalue weighted by atomic mass is 16.6. The number of nitrogens with two attached hydrogens (primary N) is 1. The molecule has 2 heterocycles. The maximum absolute atomic E-state index is 12.2. The van der Waals surface area contributed by atoms with E-state index in [0.717, 1.165) is 25.7 Å². The van der Waals surface area contributed by atoms with Gasteiger partial charge in [-0.05, 0) is 52.4 Å². The lowest BCUT2D eigenvalue weighted by atomic mass is 9.86. The molecular formula is C14H26N2O3. The maximum atomic E-state index is 12.2. The van der Waals surface area contributed by atoms with Crippen LogP contribution in [-0.4, -0.2) is 46.4 Å². The molecule has 2 saturated heterocycles. The van der Waals surface area contributed by atoms with Gasteiger partial charge in [-0.3, -0.25) is 0 Å². The van der Waals surface area contributed by atoms with Crippen LogP contribution in [0.15, 0.2) is 0 Å². The number of piperidine rings is 1. The summed E-state index contributed by atoms with van der Waals surface area (Å²) < 4.78 is 5.49. The van der Waals surface area contributed by atoms with Gasteiger partial charge in [0, 0.05) is 18.1 Å². The second kappa shape index (κ2) is 5.29. The third kappa shape index (κ3) is 3.20. The highest BCUT2D eigenvalue weighted by Crippen LogP contribution is 2.40. The van der Waals surface area contributed by atoms with Gasteiger partial charge in [0.1, 0.15) is 5.60 Å². The van der Waals surface area contributed by atoms with Crippen molar-refractivity contribution in [2.45, 2.75) is 70.2 Å². The van der Waals surface area contributed by atoms with Crippen molar-refractivity contribution < 1.29 is 14.6 Å². The van der Waals surface area contributed by atoms with Gasteiger partial charge in [-0.2, -0.15) is 0 Å². The Bertz CT molecular complexity index is 326. The van der Waals surface area contributed by atoms with Gasteiger partial charge in [0.2, 0.25) is 0 Å². The van der Waals surface area contributed by atoms with E-state index in [1.54, 1.807) is 0 Å². The van der Waals surface area contributed by atoms with Crippen LogP contribution in [0.3, 0.4) is 0 Å². The second-order valence-corrected chi connectivity index (χ2v) is 6.85. The Hall–Kier alpha value is -0.810. The number of hydrogen-bond acceptors (Lipinski definition) is 4. The molecule has 2 aliphatic rings. The van der Waals surface area contributed by atoms with Crippen molar-refractivity contribution in [2.24, 2.45) is 11.7 Å². The quantitative estimate of drug-likeness (QED) is 0.797. The lowest BCUT2D eigenvalue weighted by molar-refractivity contribution is -0.000756. The van der Waals surface area contributed by atoms with Gasteiger partial charge in [0.15, 0.2) is 0 Å². The number of carbonyl (C=O) groups excluding carboxylic acids is 1. The standard InChI is InChI=1S/C14H26N2O3/c1-14(2,3)19-13(18)16-10-4-5-11(16)7-9(6-10)12(15)8-17/h9-12,17H,4-8,15H2,1-3H3/t9?,10?,11?,12-/m0/s1. The second-order valence-electron chi connectivity index (χ2n) is 6.85. The minimum atomic E-state index is -0.450. The summed E-state index contributed by atoms with van der Waals surface area (Å²) in [6.07, 6.45) is 3.63. The van der Waals surface area contributed by atoms with E-state index in [1.807, 2.05) is 25.7 Å². The van der Waals surface area contributed by atoms with Gasteiger partial charge in [-0.1, -0.05) is 0 Å². The number of carbonyl (C=O) groups is 1. The van der Waals surface area contributed by atoms with Gasteiger partial charge < -0.3 is 20.5 Å². The first-order valence-electron chi connectivity index (χ1n) is 7.19. The molecule has 5 nitrogen and oxygen atoms in total. The first-order valence-corrected chi connectivity index (χ1v) is 7.19. The summed E-state index contributed by atoms with van der Waals surface area (Å²) in [7, 11) is 0. The molecule has 0 spiro atoms. The molecule has 2 fully saturated rings. The molecule has 0 aromatic rings. The predicted octanol–water partition coefficient (Wildman–Crippen LogP) is 1.48. The molecule has 0 radical (unpaired) electrons. The molecule has 2 aliphatic heterocycles. The monoisotopic (exact) mass is 270 g/mol. The summed E-state index contributed by atoms with van der Waals surface area (Å²) in [4.78, 5) is 14.2. The molecule has 3 atom stereocenters. The molecule has 0 aromatic heterocycles. The summed E-state index contributed by atoms with van der Waals surface area (Å²) in [6.45, 7) is 5.69. The van der Waals surface area contributed by atoms with Crippen LogP contribution >= 0.6 is 0 Å².